The first-order valence-electron chi connectivity index (χ1n) is 10.4. The van der Waals surface area contributed by atoms with E-state index >= 15 is 0 Å². The SMILES string of the molecule is CC(C)C(I)(Oc1c(-c2ccc(S(C)(=O)=O)cc2)cnn(-c2cccc(Cl)c2)c1=O)C(C)C. The zero-order valence-corrected chi connectivity index (χ0v) is 22.8. The molecule has 1 aromatic heterocycles. The zero-order chi connectivity index (χ0) is 24.6. The van der Waals surface area contributed by atoms with Crippen molar-refractivity contribution in [1.29, 1.82) is 0 Å². The Balaban J connectivity index is 2.25. The summed E-state index contributed by atoms with van der Waals surface area (Å²) in [6.45, 7) is 8.18. The summed E-state index contributed by atoms with van der Waals surface area (Å²) in [5.74, 6) is 0.352. The number of sulfone groups is 1. The first-order valence-corrected chi connectivity index (χ1v) is 13.8. The molecule has 2 aromatic carbocycles. The van der Waals surface area contributed by atoms with Crippen LogP contribution >= 0.6 is 34.2 Å². The molecule has 33 heavy (non-hydrogen) atoms. The van der Waals surface area contributed by atoms with Crippen molar-refractivity contribution in [3.63, 3.8) is 0 Å². The Morgan fingerprint density at radius 2 is 1.67 bits per heavy atom. The molecule has 6 nitrogen and oxygen atoms in total. The quantitative estimate of drug-likeness (QED) is 0.254. The van der Waals surface area contributed by atoms with Crippen LogP contribution in [0.2, 0.25) is 5.02 Å². The van der Waals surface area contributed by atoms with Crippen LogP contribution in [-0.4, -0.2) is 28.1 Å². The molecule has 0 fully saturated rings. The van der Waals surface area contributed by atoms with Gasteiger partial charge < -0.3 is 4.74 Å². The Hall–Kier alpha value is -1.91. The standard InChI is InChI=1S/C24H26ClIN2O4S/c1-15(2)24(26,16(3)4)32-22-21(17-9-11-20(12-10-17)33(5,30)31)14-27-28(23(22)29)19-8-6-7-18(25)13-19/h6-16H,1-5H3. The highest BCUT2D eigenvalue weighted by molar-refractivity contribution is 14.1. The van der Waals surface area contributed by atoms with E-state index in [1.54, 1.807) is 42.6 Å². The zero-order valence-electron chi connectivity index (χ0n) is 19.0. The van der Waals surface area contributed by atoms with Crippen LogP contribution in [0.5, 0.6) is 5.75 Å². The van der Waals surface area contributed by atoms with Crippen molar-refractivity contribution >= 4 is 44.0 Å². The summed E-state index contributed by atoms with van der Waals surface area (Å²) in [5, 5.41) is 4.85. The number of hydrogen-bond donors (Lipinski definition) is 0. The topological polar surface area (TPSA) is 78.3 Å². The number of ether oxygens (including phenoxy) is 1. The minimum Gasteiger partial charge on any atom is -0.470 e. The molecule has 176 valence electrons. The average molecular weight is 601 g/mol. The van der Waals surface area contributed by atoms with Gasteiger partial charge in [-0.3, -0.25) is 4.79 Å². The Morgan fingerprint density at radius 3 is 2.18 bits per heavy atom. The molecule has 3 rings (SSSR count). The van der Waals surface area contributed by atoms with Gasteiger partial charge in [0.15, 0.2) is 19.2 Å². The summed E-state index contributed by atoms with van der Waals surface area (Å²) in [6.07, 6.45) is 2.71. The fraction of sp³-hybridized carbons (Fsp3) is 0.333. The van der Waals surface area contributed by atoms with Gasteiger partial charge in [0.1, 0.15) is 0 Å². The molecule has 0 radical (unpaired) electrons. The number of aromatic nitrogens is 2. The van der Waals surface area contributed by atoms with Crippen molar-refractivity contribution in [2.24, 2.45) is 11.8 Å². The lowest BCUT2D eigenvalue weighted by atomic mass is 9.96. The molecule has 0 bridgehead atoms. The van der Waals surface area contributed by atoms with Crippen molar-refractivity contribution in [2.75, 3.05) is 6.26 Å². The van der Waals surface area contributed by atoms with Gasteiger partial charge in [-0.05, 0) is 58.5 Å². The van der Waals surface area contributed by atoms with Gasteiger partial charge in [0.05, 0.1) is 16.8 Å². The highest BCUT2D eigenvalue weighted by Crippen LogP contribution is 2.40. The van der Waals surface area contributed by atoms with E-state index in [-0.39, 0.29) is 22.5 Å². The summed E-state index contributed by atoms with van der Waals surface area (Å²) in [6, 6.07) is 13.2. The van der Waals surface area contributed by atoms with Crippen molar-refractivity contribution in [3.8, 4) is 22.6 Å². The first-order chi connectivity index (χ1) is 15.3. The van der Waals surface area contributed by atoms with E-state index < -0.39 is 19.0 Å². The van der Waals surface area contributed by atoms with Crippen molar-refractivity contribution in [3.05, 3.63) is 70.1 Å². The Kier molecular flexibility index (Phi) is 7.60. The van der Waals surface area contributed by atoms with Crippen LogP contribution in [0.4, 0.5) is 0 Å². The molecular formula is C24H26ClIN2O4S. The maximum absolute atomic E-state index is 13.7. The van der Waals surface area contributed by atoms with Crippen LogP contribution in [0.1, 0.15) is 27.7 Å². The number of benzene rings is 2. The van der Waals surface area contributed by atoms with Gasteiger partial charge in [0.25, 0.3) is 0 Å². The van der Waals surface area contributed by atoms with E-state index in [0.29, 0.717) is 21.8 Å². The molecule has 0 unspecified atom stereocenters. The van der Waals surface area contributed by atoms with Crippen LogP contribution in [0, 0.1) is 11.8 Å². The molecule has 0 atom stereocenters. The second-order valence-electron chi connectivity index (χ2n) is 8.49. The second kappa shape index (κ2) is 9.76. The summed E-state index contributed by atoms with van der Waals surface area (Å²) in [7, 11) is -3.34. The smallest absolute Gasteiger partial charge is 0.314 e. The molecule has 9 heteroatoms. The molecule has 1 heterocycles. The number of hydrogen-bond acceptors (Lipinski definition) is 5. The monoisotopic (exact) mass is 600 g/mol. The molecule has 3 aromatic rings. The van der Waals surface area contributed by atoms with Gasteiger partial charge in [-0.15, -0.1) is 0 Å². The maximum Gasteiger partial charge on any atom is 0.314 e. The number of nitrogens with zero attached hydrogens (tertiary/aromatic N) is 2. The normalized spacial score (nSPS) is 12.4. The summed E-state index contributed by atoms with van der Waals surface area (Å²) in [5.41, 5.74) is 1.21. The van der Waals surface area contributed by atoms with E-state index in [0.717, 1.165) is 6.26 Å². The molecule has 0 saturated heterocycles. The van der Waals surface area contributed by atoms with Gasteiger partial charge in [0, 0.05) is 28.7 Å². The molecule has 0 aliphatic carbocycles. The van der Waals surface area contributed by atoms with Gasteiger partial charge in [-0.25, -0.2) is 8.42 Å². The highest BCUT2D eigenvalue weighted by Gasteiger charge is 2.38. The molecule has 0 spiro atoms. The van der Waals surface area contributed by atoms with Gasteiger partial charge in [-0.2, -0.15) is 9.78 Å². The van der Waals surface area contributed by atoms with Crippen LogP contribution in [0.3, 0.4) is 0 Å². The maximum atomic E-state index is 13.7. The Morgan fingerprint density at radius 1 is 1.06 bits per heavy atom. The largest absolute Gasteiger partial charge is 0.470 e. The number of halogens is 2. The highest BCUT2D eigenvalue weighted by atomic mass is 127. The Labute approximate surface area is 213 Å². The van der Waals surface area contributed by atoms with Gasteiger partial charge >= 0.3 is 5.56 Å². The van der Waals surface area contributed by atoms with E-state index in [1.807, 2.05) is 27.7 Å². The predicted molar refractivity (Wildman–Crippen MR) is 140 cm³/mol. The first kappa shape index (κ1) is 25.7. The predicted octanol–water partition coefficient (Wildman–Crippen LogP) is 5.78. The van der Waals surface area contributed by atoms with E-state index in [1.165, 1.54) is 16.8 Å². The third-order valence-electron chi connectivity index (χ3n) is 5.41. The number of rotatable bonds is 7. The second-order valence-corrected chi connectivity index (χ2v) is 12.6. The third-order valence-corrected chi connectivity index (χ3v) is 9.49. The Bertz CT molecular complexity index is 1310. The molecule has 0 saturated carbocycles. The van der Waals surface area contributed by atoms with Crippen molar-refractivity contribution < 1.29 is 13.2 Å². The van der Waals surface area contributed by atoms with Crippen LogP contribution < -0.4 is 10.3 Å². The summed E-state index contributed by atoms with van der Waals surface area (Å²) in [4.78, 5) is 13.9. The van der Waals surface area contributed by atoms with E-state index in [9.17, 15) is 13.2 Å². The summed E-state index contributed by atoms with van der Waals surface area (Å²) < 4.78 is 30.8. The number of alkyl halides is 1. The summed E-state index contributed by atoms with van der Waals surface area (Å²) >= 11 is 8.40. The minimum absolute atomic E-state index is 0.103. The molecule has 0 aliphatic heterocycles. The minimum atomic E-state index is -3.34. The van der Waals surface area contributed by atoms with E-state index in [2.05, 4.69) is 27.7 Å². The van der Waals surface area contributed by atoms with Crippen LogP contribution in [0.15, 0.2) is 64.4 Å². The van der Waals surface area contributed by atoms with Gasteiger partial charge in [0.2, 0.25) is 0 Å². The molecular weight excluding hydrogens is 575 g/mol. The molecule has 0 N–H and O–H groups in total. The van der Waals surface area contributed by atoms with Crippen molar-refractivity contribution in [1.82, 2.24) is 9.78 Å². The molecule has 0 aliphatic rings. The lowest BCUT2D eigenvalue weighted by molar-refractivity contribution is 0.0853. The van der Waals surface area contributed by atoms with Crippen LogP contribution in [0.25, 0.3) is 16.8 Å². The van der Waals surface area contributed by atoms with Crippen LogP contribution in [-0.2, 0) is 9.84 Å². The lowest BCUT2D eigenvalue weighted by Gasteiger charge is -2.36. The van der Waals surface area contributed by atoms with Gasteiger partial charge in [-0.1, -0.05) is 57.5 Å². The fourth-order valence-electron chi connectivity index (χ4n) is 3.47. The fourth-order valence-corrected chi connectivity index (χ4v) is 4.51. The third kappa shape index (κ3) is 5.44. The van der Waals surface area contributed by atoms with Crippen molar-refractivity contribution in [2.45, 2.75) is 36.2 Å². The lowest BCUT2D eigenvalue weighted by Crippen LogP contribution is -2.42. The van der Waals surface area contributed by atoms with E-state index in [4.69, 9.17) is 16.3 Å². The molecule has 0 amide bonds. The average Bonchev–Trinajstić information content (AvgIpc) is 2.74.